The number of aromatic nitrogens is 3. The fraction of sp³-hybridized carbons (Fsp3) is 0.273. The third-order valence-corrected chi connectivity index (χ3v) is 2.40. The van der Waals surface area contributed by atoms with Crippen molar-refractivity contribution in [3.63, 3.8) is 0 Å². The molecule has 0 spiro atoms. The molecule has 5 heteroatoms. The van der Waals surface area contributed by atoms with Crippen molar-refractivity contribution in [2.45, 2.75) is 6.54 Å². The summed E-state index contributed by atoms with van der Waals surface area (Å²) < 4.78 is 1.69. The number of anilines is 2. The second kappa shape index (κ2) is 4.22. The van der Waals surface area contributed by atoms with Gasteiger partial charge in [-0.2, -0.15) is 0 Å². The molecule has 0 aliphatic rings. The van der Waals surface area contributed by atoms with Crippen LogP contribution in [0.4, 0.5) is 11.4 Å². The molecule has 16 heavy (non-hydrogen) atoms. The summed E-state index contributed by atoms with van der Waals surface area (Å²) in [4.78, 5) is 2.05. The van der Waals surface area contributed by atoms with Gasteiger partial charge < -0.3 is 10.6 Å². The summed E-state index contributed by atoms with van der Waals surface area (Å²) in [6.07, 6.45) is 1.90. The van der Waals surface area contributed by atoms with E-state index >= 15 is 0 Å². The zero-order valence-electron chi connectivity index (χ0n) is 9.46. The first-order valence-corrected chi connectivity index (χ1v) is 5.07. The van der Waals surface area contributed by atoms with Gasteiger partial charge in [0.25, 0.3) is 0 Å². The van der Waals surface area contributed by atoms with Gasteiger partial charge in [-0.05, 0) is 12.1 Å². The van der Waals surface area contributed by atoms with Gasteiger partial charge in [0.1, 0.15) is 5.69 Å². The van der Waals surface area contributed by atoms with Crippen LogP contribution in [0.25, 0.3) is 0 Å². The number of hydrogen-bond donors (Lipinski definition) is 1. The third kappa shape index (κ3) is 2.13. The SMILES string of the molecule is CN(Cc1cn(C)nn1)c1ccccc1N. The molecule has 2 rings (SSSR count). The van der Waals surface area contributed by atoms with Gasteiger partial charge in [0.15, 0.2) is 0 Å². The minimum Gasteiger partial charge on any atom is -0.397 e. The van der Waals surface area contributed by atoms with Crippen LogP contribution in [0.3, 0.4) is 0 Å². The topological polar surface area (TPSA) is 60.0 Å². The molecule has 0 aliphatic heterocycles. The van der Waals surface area contributed by atoms with Gasteiger partial charge >= 0.3 is 0 Å². The summed E-state index contributed by atoms with van der Waals surface area (Å²) in [6, 6.07) is 7.78. The first kappa shape index (κ1) is 10.5. The summed E-state index contributed by atoms with van der Waals surface area (Å²) in [6.45, 7) is 0.696. The maximum absolute atomic E-state index is 5.90. The van der Waals surface area contributed by atoms with Gasteiger partial charge in [-0.1, -0.05) is 17.3 Å². The minimum absolute atomic E-state index is 0.696. The monoisotopic (exact) mass is 217 g/mol. The summed E-state index contributed by atoms with van der Waals surface area (Å²) in [5.74, 6) is 0. The minimum atomic E-state index is 0.696. The van der Waals surface area contributed by atoms with E-state index in [-0.39, 0.29) is 0 Å². The van der Waals surface area contributed by atoms with E-state index < -0.39 is 0 Å². The molecule has 1 aromatic heterocycles. The molecule has 0 atom stereocenters. The van der Waals surface area contributed by atoms with E-state index in [1.807, 2.05) is 44.6 Å². The molecule has 0 saturated heterocycles. The number of rotatable bonds is 3. The van der Waals surface area contributed by atoms with Crippen molar-refractivity contribution in [2.75, 3.05) is 17.7 Å². The smallest absolute Gasteiger partial charge is 0.102 e. The highest BCUT2D eigenvalue weighted by Crippen LogP contribution is 2.21. The van der Waals surface area contributed by atoms with Crippen LogP contribution >= 0.6 is 0 Å². The number of aryl methyl sites for hydroxylation is 1. The maximum Gasteiger partial charge on any atom is 0.102 e. The molecule has 2 N–H and O–H groups in total. The van der Waals surface area contributed by atoms with Gasteiger partial charge in [-0.3, -0.25) is 4.68 Å². The van der Waals surface area contributed by atoms with Crippen molar-refractivity contribution < 1.29 is 0 Å². The lowest BCUT2D eigenvalue weighted by molar-refractivity contribution is 0.712. The van der Waals surface area contributed by atoms with E-state index in [2.05, 4.69) is 15.2 Å². The van der Waals surface area contributed by atoms with Crippen LogP contribution in [-0.2, 0) is 13.6 Å². The molecule has 0 fully saturated rings. The van der Waals surface area contributed by atoms with E-state index in [1.54, 1.807) is 4.68 Å². The molecule has 0 amide bonds. The van der Waals surface area contributed by atoms with E-state index in [9.17, 15) is 0 Å². The first-order chi connectivity index (χ1) is 7.66. The molecule has 1 aromatic carbocycles. The van der Waals surface area contributed by atoms with E-state index in [0.717, 1.165) is 17.1 Å². The molecule has 0 aliphatic carbocycles. The highest BCUT2D eigenvalue weighted by molar-refractivity contribution is 5.66. The van der Waals surface area contributed by atoms with Crippen molar-refractivity contribution in [1.82, 2.24) is 15.0 Å². The Morgan fingerprint density at radius 1 is 1.38 bits per heavy atom. The standard InChI is InChI=1S/C11H15N5/c1-15(7-9-8-16(2)14-13-9)11-6-4-3-5-10(11)12/h3-6,8H,7,12H2,1-2H3. The lowest BCUT2D eigenvalue weighted by atomic mass is 10.2. The number of nitrogen functional groups attached to an aromatic ring is 1. The maximum atomic E-state index is 5.90. The molecule has 0 radical (unpaired) electrons. The predicted molar refractivity (Wildman–Crippen MR) is 64.0 cm³/mol. The normalized spacial score (nSPS) is 10.4. The van der Waals surface area contributed by atoms with Gasteiger partial charge in [0, 0.05) is 20.3 Å². The highest BCUT2D eigenvalue weighted by atomic mass is 15.4. The van der Waals surface area contributed by atoms with Crippen LogP contribution in [-0.4, -0.2) is 22.0 Å². The second-order valence-electron chi connectivity index (χ2n) is 3.80. The summed E-state index contributed by atoms with van der Waals surface area (Å²) in [5, 5.41) is 7.94. The van der Waals surface area contributed by atoms with Gasteiger partial charge in [0.2, 0.25) is 0 Å². The van der Waals surface area contributed by atoms with E-state index in [4.69, 9.17) is 5.73 Å². The summed E-state index contributed by atoms with van der Waals surface area (Å²) >= 11 is 0. The number of hydrogen-bond acceptors (Lipinski definition) is 4. The Labute approximate surface area is 94.5 Å². The number of nitrogens with zero attached hydrogens (tertiary/aromatic N) is 4. The van der Waals surface area contributed by atoms with Crippen molar-refractivity contribution >= 4 is 11.4 Å². The fourth-order valence-corrected chi connectivity index (χ4v) is 1.63. The Morgan fingerprint density at radius 3 is 2.75 bits per heavy atom. The van der Waals surface area contributed by atoms with Crippen LogP contribution in [0.1, 0.15) is 5.69 Å². The molecule has 1 heterocycles. The van der Waals surface area contributed by atoms with Crippen LogP contribution < -0.4 is 10.6 Å². The Morgan fingerprint density at radius 2 is 2.12 bits per heavy atom. The molecule has 0 saturated carbocycles. The number of nitrogens with two attached hydrogens (primary N) is 1. The largest absolute Gasteiger partial charge is 0.397 e. The zero-order valence-corrected chi connectivity index (χ0v) is 9.46. The van der Waals surface area contributed by atoms with Crippen molar-refractivity contribution in [2.24, 2.45) is 7.05 Å². The molecular formula is C11H15N5. The van der Waals surface area contributed by atoms with Crippen LogP contribution in [0.2, 0.25) is 0 Å². The molecule has 84 valence electrons. The summed E-state index contributed by atoms with van der Waals surface area (Å²) in [7, 11) is 3.84. The van der Waals surface area contributed by atoms with E-state index in [0.29, 0.717) is 6.54 Å². The Bertz CT molecular complexity index is 477. The average Bonchev–Trinajstić information content (AvgIpc) is 2.64. The number of para-hydroxylation sites is 2. The predicted octanol–water partition coefficient (Wildman–Crippen LogP) is 1.03. The van der Waals surface area contributed by atoms with E-state index in [1.165, 1.54) is 0 Å². The van der Waals surface area contributed by atoms with Gasteiger partial charge in [0.05, 0.1) is 17.9 Å². The van der Waals surface area contributed by atoms with Crippen molar-refractivity contribution in [1.29, 1.82) is 0 Å². The van der Waals surface area contributed by atoms with Gasteiger partial charge in [-0.15, -0.1) is 5.10 Å². The fourth-order valence-electron chi connectivity index (χ4n) is 1.63. The Balaban J connectivity index is 2.14. The van der Waals surface area contributed by atoms with Crippen LogP contribution in [0, 0.1) is 0 Å². The van der Waals surface area contributed by atoms with Crippen LogP contribution in [0.5, 0.6) is 0 Å². The summed E-state index contributed by atoms with van der Waals surface area (Å²) in [5.41, 5.74) is 8.60. The van der Waals surface area contributed by atoms with Crippen molar-refractivity contribution in [3.05, 3.63) is 36.2 Å². The molecule has 0 unspecified atom stereocenters. The Kier molecular flexibility index (Phi) is 2.76. The van der Waals surface area contributed by atoms with Gasteiger partial charge in [-0.25, -0.2) is 0 Å². The number of benzene rings is 1. The molecule has 2 aromatic rings. The molecule has 0 bridgehead atoms. The van der Waals surface area contributed by atoms with Crippen molar-refractivity contribution in [3.8, 4) is 0 Å². The zero-order chi connectivity index (χ0) is 11.5. The first-order valence-electron chi connectivity index (χ1n) is 5.07. The molecular weight excluding hydrogens is 202 g/mol. The second-order valence-corrected chi connectivity index (χ2v) is 3.80. The average molecular weight is 217 g/mol. The highest BCUT2D eigenvalue weighted by Gasteiger charge is 2.07. The lowest BCUT2D eigenvalue weighted by Gasteiger charge is -2.19. The molecule has 5 nitrogen and oxygen atoms in total. The Hall–Kier alpha value is -2.04. The van der Waals surface area contributed by atoms with Crippen LogP contribution in [0.15, 0.2) is 30.5 Å². The lowest BCUT2D eigenvalue weighted by Crippen LogP contribution is -2.17. The quantitative estimate of drug-likeness (QED) is 0.780. The third-order valence-electron chi connectivity index (χ3n) is 2.40.